The number of carboxylic acids is 1. The van der Waals surface area contributed by atoms with E-state index in [1.807, 2.05) is 13.8 Å². The summed E-state index contributed by atoms with van der Waals surface area (Å²) in [6.45, 7) is 3.62. The number of rotatable bonds is 3. The third-order valence-corrected chi connectivity index (χ3v) is 5.49. The molecule has 1 heterocycles. The van der Waals surface area contributed by atoms with E-state index in [-0.39, 0.29) is 11.9 Å². The second kappa shape index (κ2) is 4.64. The zero-order valence-electron chi connectivity index (χ0n) is 10.6. The molecule has 18 heavy (non-hydrogen) atoms. The van der Waals surface area contributed by atoms with Crippen LogP contribution in [0.1, 0.15) is 26.7 Å². The Kier molecular flexibility index (Phi) is 3.49. The largest absolute Gasteiger partial charge is 0.481 e. The number of hydrogen-bond acceptors (Lipinski definition) is 3. The maximum atomic E-state index is 12.0. The monoisotopic (exact) mass is 273 g/mol. The van der Waals surface area contributed by atoms with Crippen LogP contribution in [0.3, 0.4) is 0 Å². The van der Waals surface area contributed by atoms with Crippen molar-refractivity contribution in [1.29, 1.82) is 0 Å². The van der Waals surface area contributed by atoms with Crippen LogP contribution in [0.4, 0.5) is 0 Å². The number of carbonyl (C=O) groups is 2. The van der Waals surface area contributed by atoms with Crippen LogP contribution in [0.2, 0.25) is 0 Å². The van der Waals surface area contributed by atoms with E-state index in [0.29, 0.717) is 11.5 Å². The Hall–Kier alpha value is -0.910. The molecule has 1 amide bonds. The van der Waals surface area contributed by atoms with Crippen molar-refractivity contribution in [2.45, 2.75) is 32.7 Å². The molecule has 0 radical (unpaired) electrons. The molecule has 2 fully saturated rings. The van der Waals surface area contributed by atoms with E-state index in [1.54, 1.807) is 0 Å². The second-order valence-electron chi connectivity index (χ2n) is 5.75. The molecule has 0 bridgehead atoms. The second-order valence-corrected chi connectivity index (χ2v) is 7.44. The van der Waals surface area contributed by atoms with Gasteiger partial charge in [-0.05, 0) is 18.3 Å². The van der Waals surface area contributed by atoms with Crippen LogP contribution >= 0.6 is 0 Å². The molecule has 0 spiro atoms. The topological polar surface area (TPSA) is 83.5 Å². The SMILES string of the molecule is CC1(C)C(C(=O)O)C1C(=O)NC1CCS(=O)CC1. The molecule has 2 rings (SSSR count). The highest BCUT2D eigenvalue weighted by Crippen LogP contribution is 2.58. The summed E-state index contributed by atoms with van der Waals surface area (Å²) in [6.07, 6.45) is 1.45. The summed E-state index contributed by atoms with van der Waals surface area (Å²) < 4.78 is 11.2. The smallest absolute Gasteiger partial charge is 0.307 e. The van der Waals surface area contributed by atoms with Gasteiger partial charge in [-0.25, -0.2) is 0 Å². The number of amides is 1. The van der Waals surface area contributed by atoms with Gasteiger partial charge in [-0.2, -0.15) is 0 Å². The predicted octanol–water partition coefficient (Wildman–Crippen LogP) is 0.370. The fourth-order valence-corrected chi connectivity index (χ4v) is 4.12. The lowest BCUT2D eigenvalue weighted by Gasteiger charge is -2.22. The molecule has 102 valence electrons. The van der Waals surface area contributed by atoms with Crippen molar-refractivity contribution in [3.63, 3.8) is 0 Å². The van der Waals surface area contributed by atoms with Crippen molar-refractivity contribution in [3.05, 3.63) is 0 Å². The molecule has 6 heteroatoms. The summed E-state index contributed by atoms with van der Waals surface area (Å²) in [7, 11) is -0.746. The number of hydrogen-bond donors (Lipinski definition) is 2. The first kappa shape index (κ1) is 13.5. The normalized spacial score (nSPS) is 37.9. The average molecular weight is 273 g/mol. The first-order valence-corrected chi connectivity index (χ1v) is 7.71. The van der Waals surface area contributed by atoms with E-state index in [4.69, 9.17) is 5.11 Å². The van der Waals surface area contributed by atoms with Crippen molar-refractivity contribution in [1.82, 2.24) is 5.32 Å². The van der Waals surface area contributed by atoms with Crippen LogP contribution in [0.5, 0.6) is 0 Å². The Morgan fingerprint density at radius 2 is 1.78 bits per heavy atom. The average Bonchev–Trinajstić information content (AvgIpc) is 2.85. The Morgan fingerprint density at radius 1 is 1.22 bits per heavy atom. The molecular formula is C12H19NO4S. The lowest BCUT2D eigenvalue weighted by atomic mass is 10.1. The Morgan fingerprint density at radius 3 is 2.22 bits per heavy atom. The summed E-state index contributed by atoms with van der Waals surface area (Å²) in [5.74, 6) is -0.810. The predicted molar refractivity (Wildman–Crippen MR) is 67.4 cm³/mol. The van der Waals surface area contributed by atoms with Gasteiger partial charge in [-0.15, -0.1) is 0 Å². The highest BCUT2D eigenvalue weighted by atomic mass is 32.2. The molecule has 2 atom stereocenters. The van der Waals surface area contributed by atoms with Gasteiger partial charge < -0.3 is 10.4 Å². The van der Waals surface area contributed by atoms with Crippen molar-refractivity contribution < 1.29 is 18.9 Å². The molecule has 1 saturated heterocycles. The van der Waals surface area contributed by atoms with E-state index in [9.17, 15) is 13.8 Å². The van der Waals surface area contributed by atoms with E-state index < -0.39 is 34.0 Å². The minimum absolute atomic E-state index is 0.0565. The quantitative estimate of drug-likeness (QED) is 0.778. The van der Waals surface area contributed by atoms with E-state index >= 15 is 0 Å². The molecule has 0 aromatic rings. The fraction of sp³-hybridized carbons (Fsp3) is 0.833. The van der Waals surface area contributed by atoms with E-state index in [2.05, 4.69) is 5.32 Å². The van der Waals surface area contributed by atoms with Crippen molar-refractivity contribution in [2.75, 3.05) is 11.5 Å². The maximum absolute atomic E-state index is 12.0. The minimum atomic E-state index is -0.898. The number of nitrogens with one attached hydrogen (secondary N) is 1. The number of carboxylic acid groups (broad SMARTS) is 1. The number of aliphatic carboxylic acids is 1. The molecule has 2 unspecified atom stereocenters. The van der Waals surface area contributed by atoms with Crippen LogP contribution in [0, 0.1) is 17.3 Å². The van der Waals surface area contributed by atoms with Gasteiger partial charge >= 0.3 is 5.97 Å². The highest BCUT2D eigenvalue weighted by molar-refractivity contribution is 7.85. The van der Waals surface area contributed by atoms with Gasteiger partial charge in [0.15, 0.2) is 0 Å². The summed E-state index contributed by atoms with van der Waals surface area (Å²) in [6, 6.07) is 0.0565. The third kappa shape index (κ3) is 2.43. The first-order chi connectivity index (χ1) is 8.34. The molecule has 2 N–H and O–H groups in total. The van der Waals surface area contributed by atoms with Crippen molar-refractivity contribution in [3.8, 4) is 0 Å². The van der Waals surface area contributed by atoms with Gasteiger partial charge in [0.05, 0.1) is 11.8 Å². The molecule has 0 aromatic heterocycles. The van der Waals surface area contributed by atoms with E-state index in [0.717, 1.165) is 12.8 Å². The lowest BCUT2D eigenvalue weighted by Crippen LogP contribution is -2.41. The first-order valence-electron chi connectivity index (χ1n) is 6.22. The molecule has 2 aliphatic rings. The van der Waals surface area contributed by atoms with Gasteiger partial charge in [0.2, 0.25) is 5.91 Å². The third-order valence-electron chi connectivity index (χ3n) is 4.11. The van der Waals surface area contributed by atoms with Crippen molar-refractivity contribution in [2.24, 2.45) is 17.3 Å². The molecular weight excluding hydrogens is 254 g/mol. The van der Waals surface area contributed by atoms with E-state index in [1.165, 1.54) is 0 Å². The van der Waals surface area contributed by atoms with Crippen LogP contribution in [0.15, 0.2) is 0 Å². The van der Waals surface area contributed by atoms with Crippen LogP contribution in [-0.2, 0) is 20.4 Å². The minimum Gasteiger partial charge on any atom is -0.481 e. The zero-order valence-corrected chi connectivity index (χ0v) is 11.5. The van der Waals surface area contributed by atoms with Gasteiger partial charge in [-0.1, -0.05) is 13.8 Å². The summed E-state index contributed by atoms with van der Waals surface area (Å²) in [4.78, 5) is 23.0. The summed E-state index contributed by atoms with van der Waals surface area (Å²) in [5, 5.41) is 11.9. The lowest BCUT2D eigenvalue weighted by molar-refractivity contribution is -0.140. The van der Waals surface area contributed by atoms with Crippen LogP contribution in [-0.4, -0.2) is 38.7 Å². The van der Waals surface area contributed by atoms with Gasteiger partial charge in [-0.3, -0.25) is 13.8 Å². The Labute approximate surface area is 109 Å². The summed E-state index contributed by atoms with van der Waals surface area (Å²) in [5.41, 5.74) is -0.451. The molecule has 0 aromatic carbocycles. The zero-order chi connectivity index (χ0) is 13.5. The number of carbonyl (C=O) groups excluding carboxylic acids is 1. The van der Waals surface area contributed by atoms with Gasteiger partial charge in [0.1, 0.15) is 0 Å². The molecule has 1 saturated carbocycles. The maximum Gasteiger partial charge on any atom is 0.307 e. The van der Waals surface area contributed by atoms with Gasteiger partial charge in [0.25, 0.3) is 0 Å². The Balaban J connectivity index is 1.90. The summed E-state index contributed by atoms with van der Waals surface area (Å²) >= 11 is 0. The molecule has 1 aliphatic heterocycles. The van der Waals surface area contributed by atoms with Crippen molar-refractivity contribution >= 4 is 22.7 Å². The molecule has 5 nitrogen and oxygen atoms in total. The fourth-order valence-electron chi connectivity index (χ4n) is 2.82. The Bertz CT molecular complexity index is 397. The molecule has 1 aliphatic carbocycles. The van der Waals surface area contributed by atoms with Crippen LogP contribution in [0.25, 0.3) is 0 Å². The van der Waals surface area contributed by atoms with Crippen LogP contribution < -0.4 is 5.32 Å². The highest BCUT2D eigenvalue weighted by Gasteiger charge is 2.65. The standard InChI is InChI=1S/C12H19NO4S/c1-12(2)8(9(12)11(15)16)10(14)13-7-3-5-18(17)6-4-7/h7-9H,3-6H2,1-2H3,(H,13,14)(H,15,16). The van der Waals surface area contributed by atoms with Gasteiger partial charge in [0, 0.05) is 28.3 Å².